The van der Waals surface area contributed by atoms with Gasteiger partial charge in [0, 0.05) is 23.4 Å². The number of ether oxygens (including phenoxy) is 2. The molecule has 5 rings (SSSR count). The van der Waals surface area contributed by atoms with Crippen LogP contribution in [0.1, 0.15) is 30.4 Å². The average molecular weight is 331 g/mol. The summed E-state index contributed by atoms with van der Waals surface area (Å²) >= 11 is 0. The second kappa shape index (κ2) is 5.44. The first kappa shape index (κ1) is 15.9. The molecule has 1 aromatic carbocycles. The van der Waals surface area contributed by atoms with Crippen LogP contribution in [-0.2, 0) is 16.6 Å². The highest BCUT2D eigenvalue weighted by Crippen LogP contribution is 2.62. The fourth-order valence-electron chi connectivity index (χ4n) is 5.67. The van der Waals surface area contributed by atoms with Gasteiger partial charge < -0.3 is 14.4 Å². The van der Waals surface area contributed by atoms with Crippen LogP contribution in [0.2, 0.25) is 0 Å². The topological polar surface area (TPSA) is 90.8 Å². The molecule has 2 bridgehead atoms. The van der Waals surface area contributed by atoms with E-state index in [1.54, 1.807) is 7.11 Å². The number of carbonyl (C=O) groups excluding carboxylic acids is 1. The fourth-order valence-corrected chi connectivity index (χ4v) is 5.67. The Kier molecular flexibility index (Phi) is 3.60. The Labute approximate surface area is 142 Å². The smallest absolute Gasteiger partial charge is 0.174 e. The molecule has 6 nitrogen and oxygen atoms in total. The molecule has 2 fully saturated rings. The van der Waals surface area contributed by atoms with E-state index >= 15 is 0 Å². The van der Waals surface area contributed by atoms with Crippen LogP contribution in [0.5, 0.6) is 11.5 Å². The second-order valence-electron chi connectivity index (χ2n) is 7.28. The van der Waals surface area contributed by atoms with E-state index in [4.69, 9.17) is 9.47 Å². The van der Waals surface area contributed by atoms with Gasteiger partial charge in [0.25, 0.3) is 0 Å². The van der Waals surface area contributed by atoms with E-state index in [-0.39, 0.29) is 17.3 Å². The van der Waals surface area contributed by atoms with Gasteiger partial charge in [0.05, 0.1) is 7.11 Å². The van der Waals surface area contributed by atoms with E-state index in [1.165, 1.54) is 11.1 Å². The minimum absolute atomic E-state index is 0.0933. The second-order valence-corrected chi connectivity index (χ2v) is 7.28. The van der Waals surface area contributed by atoms with Gasteiger partial charge in [0.15, 0.2) is 23.4 Å². The molecule has 4 atom stereocenters. The van der Waals surface area contributed by atoms with Crippen molar-refractivity contribution in [1.29, 1.82) is 0 Å². The van der Waals surface area contributed by atoms with Crippen molar-refractivity contribution in [3.8, 4) is 11.5 Å². The van der Waals surface area contributed by atoms with E-state index in [0.29, 0.717) is 18.4 Å². The van der Waals surface area contributed by atoms with Gasteiger partial charge in [-0.05, 0) is 50.4 Å². The molecule has 4 aliphatic rings. The molecule has 1 spiro atoms. The lowest BCUT2D eigenvalue weighted by Gasteiger charge is -2.57. The molecular formula is C18H25N3O3. The summed E-state index contributed by atoms with van der Waals surface area (Å²) in [6, 6.07) is 4.73. The lowest BCUT2D eigenvalue weighted by Crippen LogP contribution is -2.65. The van der Waals surface area contributed by atoms with E-state index in [9.17, 15) is 4.79 Å². The third kappa shape index (κ3) is 1.74. The summed E-state index contributed by atoms with van der Waals surface area (Å²) in [5.74, 6) is 10.5. The summed E-state index contributed by atoms with van der Waals surface area (Å²) in [6.07, 6.45) is 3.47. The Morgan fingerprint density at radius 1 is 1.38 bits per heavy atom. The summed E-state index contributed by atoms with van der Waals surface area (Å²) in [4.78, 5) is 15.1. The molecule has 0 unspecified atom stereocenters. The highest BCUT2D eigenvalue weighted by atomic mass is 16.5. The van der Waals surface area contributed by atoms with Crippen LogP contribution < -0.4 is 21.2 Å². The number of methoxy groups -OCH3 is 1. The molecule has 4 N–H and O–H groups in total. The number of Topliss-reactive ketones (excluding diaryl/α,β-unsaturated/α-hetero) is 1. The average Bonchev–Trinajstić information content (AvgIpc) is 2.97. The summed E-state index contributed by atoms with van der Waals surface area (Å²) in [6.45, 7) is 1.05. The Bertz CT molecular complexity index is 692. The number of nitrogens with two attached hydrogens (primary N) is 2. The van der Waals surface area contributed by atoms with Crippen LogP contribution in [0.25, 0.3) is 0 Å². The molecule has 1 saturated heterocycles. The fraction of sp³-hybridized carbons (Fsp3) is 0.611. The molecule has 2 aliphatic heterocycles. The quantitative estimate of drug-likeness (QED) is 0.583. The zero-order chi connectivity index (χ0) is 17.1. The summed E-state index contributed by atoms with van der Waals surface area (Å²) in [7, 11) is 3.91. The van der Waals surface area contributed by atoms with Crippen molar-refractivity contribution in [2.24, 2.45) is 17.6 Å². The van der Waals surface area contributed by atoms with Crippen LogP contribution in [-0.4, -0.2) is 43.5 Å². The highest BCUT2D eigenvalue weighted by Gasteiger charge is 2.65. The van der Waals surface area contributed by atoms with Crippen molar-refractivity contribution < 1.29 is 14.3 Å². The van der Waals surface area contributed by atoms with Crippen LogP contribution in [0.15, 0.2) is 12.1 Å². The van der Waals surface area contributed by atoms with Gasteiger partial charge in [-0.2, -0.15) is 0 Å². The maximum atomic E-state index is 12.6. The summed E-state index contributed by atoms with van der Waals surface area (Å²) < 4.78 is 11.8. The minimum atomic E-state index is -0.284. The SMILES string of the molecule is COc1ccc2c3c1O[C@H]1C(=O)CC[C@H]4[C@@H](C2)N(C)CC[C@]314.NN. The van der Waals surface area contributed by atoms with Crippen molar-refractivity contribution in [3.05, 3.63) is 23.3 Å². The first-order chi connectivity index (χ1) is 11.7. The Hall–Kier alpha value is -1.63. The predicted octanol–water partition coefficient (Wildman–Crippen LogP) is 0.752. The number of hydrogen-bond acceptors (Lipinski definition) is 6. The highest BCUT2D eigenvalue weighted by molar-refractivity contribution is 5.89. The zero-order valence-electron chi connectivity index (χ0n) is 14.2. The summed E-state index contributed by atoms with van der Waals surface area (Å²) in [5, 5.41) is 0. The third-order valence-electron chi connectivity index (χ3n) is 6.59. The normalized spacial score (nSPS) is 35.5. The third-order valence-corrected chi connectivity index (χ3v) is 6.59. The van der Waals surface area contributed by atoms with Crippen LogP contribution in [0.3, 0.4) is 0 Å². The van der Waals surface area contributed by atoms with E-state index in [0.717, 1.165) is 37.3 Å². The van der Waals surface area contributed by atoms with Crippen molar-refractivity contribution in [2.45, 2.75) is 43.2 Å². The first-order valence-electron chi connectivity index (χ1n) is 8.60. The number of nitrogens with zero attached hydrogens (tertiary/aromatic N) is 1. The number of likely N-dealkylation sites (tertiary alicyclic amines) is 1. The number of carbonyl (C=O) groups is 1. The van der Waals surface area contributed by atoms with E-state index in [1.807, 2.05) is 6.07 Å². The largest absolute Gasteiger partial charge is 0.493 e. The van der Waals surface area contributed by atoms with Gasteiger partial charge in [-0.1, -0.05) is 6.07 Å². The molecule has 0 radical (unpaired) electrons. The maximum absolute atomic E-state index is 12.6. The molecule has 130 valence electrons. The molecule has 2 heterocycles. The Morgan fingerprint density at radius 3 is 2.92 bits per heavy atom. The van der Waals surface area contributed by atoms with Gasteiger partial charge >= 0.3 is 0 Å². The van der Waals surface area contributed by atoms with Crippen LogP contribution in [0.4, 0.5) is 0 Å². The van der Waals surface area contributed by atoms with Gasteiger partial charge in [-0.25, -0.2) is 0 Å². The van der Waals surface area contributed by atoms with Crippen molar-refractivity contribution in [3.63, 3.8) is 0 Å². The van der Waals surface area contributed by atoms with Crippen molar-refractivity contribution in [1.82, 2.24) is 4.90 Å². The van der Waals surface area contributed by atoms with E-state index < -0.39 is 0 Å². The minimum Gasteiger partial charge on any atom is -0.493 e. The molecule has 24 heavy (non-hydrogen) atoms. The number of hydrazine groups is 1. The van der Waals surface area contributed by atoms with Crippen molar-refractivity contribution in [2.75, 3.05) is 20.7 Å². The zero-order valence-corrected chi connectivity index (χ0v) is 14.2. The lowest BCUT2D eigenvalue weighted by atomic mass is 9.52. The van der Waals surface area contributed by atoms with Gasteiger partial charge in [0.1, 0.15) is 0 Å². The maximum Gasteiger partial charge on any atom is 0.174 e. The molecule has 6 heteroatoms. The lowest BCUT2D eigenvalue weighted by molar-refractivity contribution is -0.138. The molecule has 0 aromatic heterocycles. The van der Waals surface area contributed by atoms with Gasteiger partial charge in [0.2, 0.25) is 0 Å². The molecule has 2 aliphatic carbocycles. The molecule has 1 aromatic rings. The number of rotatable bonds is 1. The number of likely N-dealkylation sites (N-methyl/N-ethyl adjacent to an activating group) is 1. The van der Waals surface area contributed by atoms with Crippen molar-refractivity contribution >= 4 is 5.78 Å². The first-order valence-corrected chi connectivity index (χ1v) is 8.60. The van der Waals surface area contributed by atoms with Crippen LogP contribution >= 0.6 is 0 Å². The van der Waals surface area contributed by atoms with Gasteiger partial charge in [-0.15, -0.1) is 0 Å². The molecular weight excluding hydrogens is 306 g/mol. The molecule has 1 saturated carbocycles. The van der Waals surface area contributed by atoms with E-state index in [2.05, 4.69) is 29.7 Å². The van der Waals surface area contributed by atoms with Crippen LogP contribution in [0, 0.1) is 5.92 Å². The monoisotopic (exact) mass is 331 g/mol. The Morgan fingerprint density at radius 2 is 2.17 bits per heavy atom. The summed E-state index contributed by atoms with van der Waals surface area (Å²) in [5.41, 5.74) is 2.57. The number of benzene rings is 1. The number of hydrogen-bond donors (Lipinski definition) is 2. The number of ketones is 1. The predicted molar refractivity (Wildman–Crippen MR) is 89.9 cm³/mol. The number of piperidine rings is 1. The Balaban J connectivity index is 0.000000704. The molecule has 0 amide bonds. The van der Waals surface area contributed by atoms with Gasteiger partial charge in [-0.3, -0.25) is 16.5 Å². The standard InChI is InChI=1S/C18H21NO3.H4N2/c1-19-8-7-18-11-4-5-13(20)17(18)22-16-14(21-2)6-3-10(15(16)18)9-12(11)19;1-2/h3,6,11-12,17H,4-5,7-9H2,1-2H3;1-2H2/t11-,12+,17-,18-;/m0./s1.